The Bertz CT molecular complexity index is 533. The van der Waals surface area contributed by atoms with Gasteiger partial charge >= 0.3 is 6.61 Å². The van der Waals surface area contributed by atoms with Crippen molar-refractivity contribution in [2.24, 2.45) is 5.84 Å². The molecule has 0 fully saturated rings. The van der Waals surface area contributed by atoms with Gasteiger partial charge in [-0.2, -0.15) is 8.78 Å². The molecule has 0 aliphatic carbocycles. The number of halogens is 3. The van der Waals surface area contributed by atoms with Gasteiger partial charge in [-0.05, 0) is 45.1 Å². The van der Waals surface area contributed by atoms with Crippen molar-refractivity contribution in [2.45, 2.75) is 12.7 Å². The minimum atomic E-state index is -2.82. The summed E-state index contributed by atoms with van der Waals surface area (Å²) in [5, 5.41) is 1.94. The Labute approximate surface area is 121 Å². The summed E-state index contributed by atoms with van der Waals surface area (Å²) in [5.41, 5.74) is 3.58. The molecule has 0 bridgehead atoms. The highest BCUT2D eigenvalue weighted by Crippen LogP contribution is 2.33. The van der Waals surface area contributed by atoms with Crippen LogP contribution < -0.4 is 16.0 Å². The van der Waals surface area contributed by atoms with Crippen molar-refractivity contribution in [2.75, 3.05) is 0 Å². The molecule has 3 N–H and O–H groups in total. The number of hydrazine groups is 1. The van der Waals surface area contributed by atoms with Gasteiger partial charge in [-0.1, -0.05) is 12.1 Å². The molecule has 1 atom stereocenters. The first-order valence-electron chi connectivity index (χ1n) is 5.35. The van der Waals surface area contributed by atoms with Crippen LogP contribution in [0.5, 0.6) is 5.75 Å². The minimum absolute atomic E-state index is 0.125. The second-order valence-corrected chi connectivity index (χ2v) is 5.48. The lowest BCUT2D eigenvalue weighted by Gasteiger charge is -2.16. The minimum Gasteiger partial charge on any atom is -0.435 e. The van der Waals surface area contributed by atoms with Crippen LogP contribution in [0.25, 0.3) is 0 Å². The van der Waals surface area contributed by atoms with Crippen molar-refractivity contribution in [3.63, 3.8) is 0 Å². The van der Waals surface area contributed by atoms with Crippen LogP contribution in [0.2, 0.25) is 0 Å². The Balaban J connectivity index is 2.22. The molecule has 0 radical (unpaired) electrons. The SMILES string of the molecule is NNC(c1ccc(OC(F)F)cc1)c1sccc1Br. The van der Waals surface area contributed by atoms with Gasteiger partial charge in [-0.3, -0.25) is 5.84 Å². The van der Waals surface area contributed by atoms with Gasteiger partial charge in [0.2, 0.25) is 0 Å². The predicted molar refractivity (Wildman–Crippen MR) is 74.3 cm³/mol. The number of hydrogen-bond donors (Lipinski definition) is 2. The second kappa shape index (κ2) is 6.42. The second-order valence-electron chi connectivity index (χ2n) is 3.68. The summed E-state index contributed by atoms with van der Waals surface area (Å²) in [6.45, 7) is -2.82. The summed E-state index contributed by atoms with van der Waals surface area (Å²) < 4.78 is 29.4. The molecular formula is C12H11BrF2N2OS. The van der Waals surface area contributed by atoms with Crippen molar-refractivity contribution in [3.8, 4) is 5.75 Å². The monoisotopic (exact) mass is 348 g/mol. The van der Waals surface area contributed by atoms with E-state index >= 15 is 0 Å². The largest absolute Gasteiger partial charge is 0.435 e. The number of thiophene rings is 1. The lowest BCUT2D eigenvalue weighted by molar-refractivity contribution is -0.0498. The highest BCUT2D eigenvalue weighted by atomic mass is 79.9. The van der Waals surface area contributed by atoms with E-state index in [1.54, 1.807) is 23.5 Å². The average molecular weight is 349 g/mol. The number of rotatable bonds is 5. The van der Waals surface area contributed by atoms with Crippen LogP contribution in [-0.4, -0.2) is 6.61 Å². The van der Waals surface area contributed by atoms with Crippen LogP contribution in [0.4, 0.5) is 8.78 Å². The zero-order valence-electron chi connectivity index (χ0n) is 9.65. The van der Waals surface area contributed by atoms with E-state index in [9.17, 15) is 8.78 Å². The normalized spacial score (nSPS) is 12.7. The molecule has 1 heterocycles. The van der Waals surface area contributed by atoms with Gasteiger partial charge in [0.15, 0.2) is 0 Å². The molecule has 0 spiro atoms. The third-order valence-electron chi connectivity index (χ3n) is 2.51. The Morgan fingerprint density at radius 2 is 1.89 bits per heavy atom. The maximum absolute atomic E-state index is 12.1. The van der Waals surface area contributed by atoms with E-state index in [-0.39, 0.29) is 11.8 Å². The lowest BCUT2D eigenvalue weighted by Crippen LogP contribution is -2.28. The molecule has 19 heavy (non-hydrogen) atoms. The maximum atomic E-state index is 12.1. The molecule has 1 aromatic carbocycles. The quantitative estimate of drug-likeness (QED) is 0.640. The highest BCUT2D eigenvalue weighted by molar-refractivity contribution is 9.10. The molecule has 2 aromatic rings. The molecule has 0 saturated heterocycles. The van der Waals surface area contributed by atoms with Crippen molar-refractivity contribution >= 4 is 27.3 Å². The first-order valence-corrected chi connectivity index (χ1v) is 7.03. The van der Waals surface area contributed by atoms with E-state index in [0.717, 1.165) is 14.9 Å². The summed E-state index contributed by atoms with van der Waals surface area (Å²) in [4.78, 5) is 1.02. The number of alkyl halides is 2. The van der Waals surface area contributed by atoms with E-state index in [1.807, 2.05) is 11.4 Å². The highest BCUT2D eigenvalue weighted by Gasteiger charge is 2.17. The summed E-state index contributed by atoms with van der Waals surface area (Å²) in [5.74, 6) is 5.69. The van der Waals surface area contributed by atoms with Crippen LogP contribution in [0.3, 0.4) is 0 Å². The number of hydrogen-bond acceptors (Lipinski definition) is 4. The zero-order chi connectivity index (χ0) is 13.8. The Hall–Kier alpha value is -1.02. The molecule has 3 nitrogen and oxygen atoms in total. The Morgan fingerprint density at radius 3 is 2.37 bits per heavy atom. The predicted octanol–water partition coefficient (Wildman–Crippen LogP) is 3.66. The molecule has 1 aromatic heterocycles. The van der Waals surface area contributed by atoms with Gasteiger partial charge in [0.25, 0.3) is 0 Å². The molecular weight excluding hydrogens is 338 g/mol. The number of benzene rings is 1. The summed E-state index contributed by atoms with van der Waals surface area (Å²) >= 11 is 4.99. The molecule has 2 rings (SSSR count). The molecule has 1 unspecified atom stereocenters. The third-order valence-corrected chi connectivity index (χ3v) is 4.45. The van der Waals surface area contributed by atoms with Gasteiger partial charge in [0.1, 0.15) is 5.75 Å². The topological polar surface area (TPSA) is 47.3 Å². The van der Waals surface area contributed by atoms with E-state index in [1.165, 1.54) is 12.1 Å². The van der Waals surface area contributed by atoms with Crippen LogP contribution in [0.1, 0.15) is 16.5 Å². The van der Waals surface area contributed by atoms with Crippen LogP contribution in [0.15, 0.2) is 40.2 Å². The molecule has 0 aliphatic heterocycles. The van der Waals surface area contributed by atoms with Gasteiger partial charge in [-0.25, -0.2) is 5.43 Å². The first kappa shape index (κ1) is 14.4. The van der Waals surface area contributed by atoms with E-state index in [4.69, 9.17) is 5.84 Å². The zero-order valence-corrected chi connectivity index (χ0v) is 12.0. The molecule has 0 aliphatic rings. The Morgan fingerprint density at radius 1 is 1.21 bits per heavy atom. The summed E-state index contributed by atoms with van der Waals surface area (Å²) in [7, 11) is 0. The number of ether oxygens (including phenoxy) is 1. The van der Waals surface area contributed by atoms with E-state index < -0.39 is 6.61 Å². The average Bonchev–Trinajstić information content (AvgIpc) is 2.78. The van der Waals surface area contributed by atoms with Gasteiger partial charge < -0.3 is 4.74 Å². The maximum Gasteiger partial charge on any atom is 0.387 e. The van der Waals surface area contributed by atoms with Gasteiger partial charge in [0.05, 0.1) is 6.04 Å². The lowest BCUT2D eigenvalue weighted by atomic mass is 10.1. The fourth-order valence-electron chi connectivity index (χ4n) is 1.68. The molecule has 102 valence electrons. The van der Waals surface area contributed by atoms with Crippen molar-refractivity contribution in [1.29, 1.82) is 0 Å². The molecule has 7 heteroatoms. The van der Waals surface area contributed by atoms with E-state index in [2.05, 4.69) is 26.1 Å². The van der Waals surface area contributed by atoms with Crippen molar-refractivity contribution in [1.82, 2.24) is 5.43 Å². The number of nitrogens with one attached hydrogen (secondary N) is 1. The summed E-state index contributed by atoms with van der Waals surface area (Å²) in [6, 6.07) is 8.12. The number of nitrogens with two attached hydrogens (primary N) is 1. The van der Waals surface area contributed by atoms with Crippen LogP contribution >= 0.6 is 27.3 Å². The molecule has 0 amide bonds. The van der Waals surface area contributed by atoms with Gasteiger partial charge in [0, 0.05) is 9.35 Å². The molecule has 0 saturated carbocycles. The third kappa shape index (κ3) is 3.50. The van der Waals surface area contributed by atoms with Crippen LogP contribution in [0, 0.1) is 0 Å². The standard InChI is InChI=1S/C12H11BrF2N2OS/c13-9-5-6-19-11(9)10(17-16)7-1-3-8(4-2-7)18-12(14)15/h1-6,10,12,17H,16H2. The van der Waals surface area contributed by atoms with Crippen molar-refractivity contribution < 1.29 is 13.5 Å². The van der Waals surface area contributed by atoms with Gasteiger partial charge in [-0.15, -0.1) is 11.3 Å². The first-order chi connectivity index (χ1) is 9.11. The van der Waals surface area contributed by atoms with E-state index in [0.29, 0.717) is 0 Å². The Kier molecular flexibility index (Phi) is 4.87. The van der Waals surface area contributed by atoms with Crippen molar-refractivity contribution in [3.05, 3.63) is 50.6 Å². The summed E-state index contributed by atoms with van der Waals surface area (Å²) in [6.07, 6.45) is 0. The smallest absolute Gasteiger partial charge is 0.387 e. The fourth-order valence-corrected chi connectivity index (χ4v) is 3.36. The van der Waals surface area contributed by atoms with Crippen LogP contribution in [-0.2, 0) is 0 Å². The fraction of sp³-hybridized carbons (Fsp3) is 0.167.